The summed E-state index contributed by atoms with van der Waals surface area (Å²) in [7, 11) is 0. The largest absolute Gasteiger partial charge is 0.453 e. The summed E-state index contributed by atoms with van der Waals surface area (Å²) in [6, 6.07) is 13.7. The molecule has 0 saturated heterocycles. The highest BCUT2D eigenvalue weighted by atomic mass is 16.3. The van der Waals surface area contributed by atoms with Crippen LogP contribution < -0.4 is 5.73 Å². The number of nitrogens with two attached hydrogens (primary N) is 1. The normalized spacial score (nSPS) is 11.4. The van der Waals surface area contributed by atoms with Crippen molar-refractivity contribution >= 4 is 27.7 Å². The van der Waals surface area contributed by atoms with E-state index in [1.54, 1.807) is 0 Å². The van der Waals surface area contributed by atoms with E-state index in [0.29, 0.717) is 5.69 Å². The standard InChI is InChI=1S/C16H13N3O/c1-9-2-5-14-10(6-9)7-15(20-14)16-18-12-4-3-11(17)8-13(12)19-16/h2-8H,17H2,1H3,(H,18,19). The van der Waals surface area contributed by atoms with Gasteiger partial charge in [-0.1, -0.05) is 11.6 Å². The van der Waals surface area contributed by atoms with E-state index in [1.807, 2.05) is 36.4 Å². The van der Waals surface area contributed by atoms with Crippen LogP contribution in [-0.4, -0.2) is 9.97 Å². The predicted molar refractivity (Wildman–Crippen MR) is 80.5 cm³/mol. The van der Waals surface area contributed by atoms with Gasteiger partial charge in [0.25, 0.3) is 0 Å². The van der Waals surface area contributed by atoms with Crippen LogP contribution in [0.25, 0.3) is 33.6 Å². The number of aryl methyl sites for hydroxylation is 1. The Morgan fingerprint density at radius 2 is 2.00 bits per heavy atom. The average molecular weight is 263 g/mol. The Morgan fingerprint density at radius 3 is 2.90 bits per heavy atom. The average Bonchev–Trinajstić information content (AvgIpc) is 3.00. The lowest BCUT2D eigenvalue weighted by molar-refractivity contribution is 0.626. The van der Waals surface area contributed by atoms with Crippen molar-refractivity contribution in [2.24, 2.45) is 0 Å². The summed E-state index contributed by atoms with van der Waals surface area (Å²) in [5.41, 5.74) is 10.4. The van der Waals surface area contributed by atoms with Crippen molar-refractivity contribution < 1.29 is 4.42 Å². The lowest BCUT2D eigenvalue weighted by atomic mass is 10.2. The molecule has 0 unspecified atom stereocenters. The lowest BCUT2D eigenvalue weighted by Crippen LogP contribution is -1.82. The summed E-state index contributed by atoms with van der Waals surface area (Å²) >= 11 is 0. The van der Waals surface area contributed by atoms with Crippen molar-refractivity contribution in [3.05, 3.63) is 48.0 Å². The van der Waals surface area contributed by atoms with Crippen LogP contribution >= 0.6 is 0 Å². The Morgan fingerprint density at radius 1 is 1.10 bits per heavy atom. The summed E-state index contributed by atoms with van der Waals surface area (Å²) in [4.78, 5) is 7.78. The molecule has 0 spiro atoms. The van der Waals surface area contributed by atoms with E-state index in [0.717, 1.165) is 33.6 Å². The Balaban J connectivity index is 1.91. The molecule has 0 radical (unpaired) electrons. The number of hydrogen-bond donors (Lipinski definition) is 2. The van der Waals surface area contributed by atoms with E-state index in [-0.39, 0.29) is 0 Å². The van der Waals surface area contributed by atoms with Crippen LogP contribution in [0.15, 0.2) is 46.9 Å². The van der Waals surface area contributed by atoms with Crippen molar-refractivity contribution in [2.45, 2.75) is 6.92 Å². The van der Waals surface area contributed by atoms with Crippen LogP contribution in [0.4, 0.5) is 5.69 Å². The Hall–Kier alpha value is -2.75. The van der Waals surface area contributed by atoms with Gasteiger partial charge in [-0.05, 0) is 43.3 Å². The SMILES string of the molecule is Cc1ccc2oc(-c3nc4ccc(N)cc4[nH]3)cc2c1. The fourth-order valence-electron chi connectivity index (χ4n) is 2.42. The molecule has 2 heterocycles. The second-order valence-corrected chi connectivity index (χ2v) is 5.01. The summed E-state index contributed by atoms with van der Waals surface area (Å²) in [5.74, 6) is 1.46. The number of anilines is 1. The maximum absolute atomic E-state index is 5.84. The monoisotopic (exact) mass is 263 g/mol. The number of aromatic amines is 1. The van der Waals surface area contributed by atoms with Gasteiger partial charge < -0.3 is 15.1 Å². The van der Waals surface area contributed by atoms with E-state index < -0.39 is 0 Å². The van der Waals surface area contributed by atoms with Crippen LogP contribution in [0.3, 0.4) is 0 Å². The van der Waals surface area contributed by atoms with E-state index in [4.69, 9.17) is 10.2 Å². The highest BCUT2D eigenvalue weighted by molar-refractivity contribution is 5.85. The maximum atomic E-state index is 5.84. The maximum Gasteiger partial charge on any atom is 0.174 e. The van der Waals surface area contributed by atoms with Crippen LogP contribution in [-0.2, 0) is 0 Å². The minimum absolute atomic E-state index is 0.716. The zero-order valence-corrected chi connectivity index (χ0v) is 11.0. The molecule has 0 aliphatic rings. The van der Waals surface area contributed by atoms with E-state index in [1.165, 1.54) is 5.56 Å². The second kappa shape index (κ2) is 3.87. The van der Waals surface area contributed by atoms with Gasteiger partial charge in [0.05, 0.1) is 11.0 Å². The molecule has 0 aliphatic carbocycles. The van der Waals surface area contributed by atoms with E-state index in [9.17, 15) is 0 Å². The van der Waals surface area contributed by atoms with Gasteiger partial charge in [-0.2, -0.15) is 0 Å². The zero-order chi connectivity index (χ0) is 13.7. The number of nitrogen functional groups attached to an aromatic ring is 1. The van der Waals surface area contributed by atoms with Gasteiger partial charge in [-0.3, -0.25) is 0 Å². The first-order chi connectivity index (χ1) is 9.69. The number of H-pyrrole nitrogens is 1. The minimum Gasteiger partial charge on any atom is -0.453 e. The van der Waals surface area contributed by atoms with Crippen LogP contribution in [0.2, 0.25) is 0 Å². The number of nitrogens with zero attached hydrogens (tertiary/aromatic N) is 1. The summed E-state index contributed by atoms with van der Waals surface area (Å²) < 4.78 is 5.84. The Bertz CT molecular complexity index is 855. The Kier molecular flexibility index (Phi) is 2.15. The molecular formula is C16H13N3O. The van der Waals surface area contributed by atoms with Gasteiger partial charge in [-0.25, -0.2) is 4.98 Å². The molecular weight excluding hydrogens is 250 g/mol. The van der Waals surface area contributed by atoms with Crippen molar-refractivity contribution in [3.8, 4) is 11.6 Å². The molecule has 4 rings (SSSR count). The van der Waals surface area contributed by atoms with Crippen molar-refractivity contribution in [1.29, 1.82) is 0 Å². The molecule has 4 nitrogen and oxygen atoms in total. The van der Waals surface area contributed by atoms with Gasteiger partial charge in [0.15, 0.2) is 11.6 Å². The number of nitrogens with one attached hydrogen (secondary N) is 1. The Labute approximate surface area is 115 Å². The number of benzene rings is 2. The molecule has 2 aromatic heterocycles. The first-order valence-corrected chi connectivity index (χ1v) is 6.45. The van der Waals surface area contributed by atoms with Gasteiger partial charge in [0.1, 0.15) is 5.58 Å². The molecule has 4 aromatic rings. The van der Waals surface area contributed by atoms with E-state index in [2.05, 4.69) is 23.0 Å². The number of furan rings is 1. The molecule has 2 aromatic carbocycles. The molecule has 0 atom stereocenters. The smallest absolute Gasteiger partial charge is 0.174 e. The highest BCUT2D eigenvalue weighted by Crippen LogP contribution is 2.28. The molecule has 4 heteroatoms. The molecule has 0 bridgehead atoms. The molecule has 20 heavy (non-hydrogen) atoms. The summed E-state index contributed by atoms with van der Waals surface area (Å²) in [6.45, 7) is 2.07. The predicted octanol–water partition coefficient (Wildman–Crippen LogP) is 3.87. The van der Waals surface area contributed by atoms with Gasteiger partial charge in [0.2, 0.25) is 0 Å². The fourth-order valence-corrected chi connectivity index (χ4v) is 2.42. The van der Waals surface area contributed by atoms with Crippen molar-refractivity contribution in [2.75, 3.05) is 5.73 Å². The number of imidazole rings is 1. The number of rotatable bonds is 1. The number of fused-ring (bicyclic) bond motifs is 2. The zero-order valence-electron chi connectivity index (χ0n) is 11.0. The van der Waals surface area contributed by atoms with Gasteiger partial charge in [-0.15, -0.1) is 0 Å². The summed E-state index contributed by atoms with van der Waals surface area (Å²) in [5, 5.41) is 1.08. The summed E-state index contributed by atoms with van der Waals surface area (Å²) in [6.07, 6.45) is 0. The number of aromatic nitrogens is 2. The molecule has 0 fully saturated rings. The third-order valence-corrected chi connectivity index (χ3v) is 3.41. The quantitative estimate of drug-likeness (QED) is 0.512. The minimum atomic E-state index is 0.716. The highest BCUT2D eigenvalue weighted by Gasteiger charge is 2.11. The second-order valence-electron chi connectivity index (χ2n) is 5.01. The van der Waals surface area contributed by atoms with Crippen molar-refractivity contribution in [3.63, 3.8) is 0 Å². The van der Waals surface area contributed by atoms with Gasteiger partial charge >= 0.3 is 0 Å². The molecule has 0 saturated carbocycles. The van der Waals surface area contributed by atoms with Crippen LogP contribution in [0.5, 0.6) is 0 Å². The number of hydrogen-bond acceptors (Lipinski definition) is 3. The lowest BCUT2D eigenvalue weighted by Gasteiger charge is -1.90. The van der Waals surface area contributed by atoms with Crippen molar-refractivity contribution in [1.82, 2.24) is 9.97 Å². The third kappa shape index (κ3) is 1.66. The van der Waals surface area contributed by atoms with Crippen LogP contribution in [0, 0.1) is 6.92 Å². The topological polar surface area (TPSA) is 67.8 Å². The van der Waals surface area contributed by atoms with E-state index >= 15 is 0 Å². The molecule has 3 N–H and O–H groups in total. The molecule has 98 valence electrons. The first-order valence-electron chi connectivity index (χ1n) is 6.45. The molecule has 0 aliphatic heterocycles. The van der Waals surface area contributed by atoms with Crippen LogP contribution in [0.1, 0.15) is 5.56 Å². The fraction of sp³-hybridized carbons (Fsp3) is 0.0625. The van der Waals surface area contributed by atoms with Gasteiger partial charge in [0, 0.05) is 11.1 Å². The first kappa shape index (κ1) is 11.1. The third-order valence-electron chi connectivity index (χ3n) is 3.41. The molecule has 0 amide bonds.